The second-order valence-corrected chi connectivity index (χ2v) is 7.30. The second kappa shape index (κ2) is 7.21. The van der Waals surface area contributed by atoms with Crippen molar-refractivity contribution in [2.24, 2.45) is 0 Å². The Balaban J connectivity index is 2.25. The van der Waals surface area contributed by atoms with Gasteiger partial charge in [-0.05, 0) is 29.9 Å². The number of hydrogen-bond acceptors (Lipinski definition) is 6. The Morgan fingerprint density at radius 2 is 1.92 bits per heavy atom. The quantitative estimate of drug-likeness (QED) is 0.859. The predicted octanol–water partition coefficient (Wildman–Crippen LogP) is 1.97. The number of aromatic amines is 1. The zero-order valence-electron chi connectivity index (χ0n) is 14.7. The molecule has 0 spiro atoms. The molecule has 2 aromatic heterocycles. The fourth-order valence-corrected chi connectivity index (χ4v) is 3.33. The summed E-state index contributed by atoms with van der Waals surface area (Å²) in [5, 5.41) is 13.5. The minimum atomic E-state index is -0.266. The minimum absolute atomic E-state index is 0.161. The molecular weight excluding hydrogens is 326 g/mol. The van der Waals surface area contributed by atoms with Gasteiger partial charge in [0.25, 0.3) is 11.5 Å². The van der Waals surface area contributed by atoms with Crippen LogP contribution in [0.15, 0.2) is 4.79 Å². The van der Waals surface area contributed by atoms with E-state index in [4.69, 9.17) is 0 Å². The molecule has 2 rings (SSSR count). The van der Waals surface area contributed by atoms with Crippen LogP contribution >= 0.6 is 11.5 Å². The molecule has 2 N–H and O–H groups in total. The molecule has 0 atom stereocenters. The first-order valence-electron chi connectivity index (χ1n) is 7.99. The minimum Gasteiger partial charge on any atom is -0.347 e. The van der Waals surface area contributed by atoms with Crippen LogP contribution in [0, 0.1) is 0 Å². The highest BCUT2D eigenvalue weighted by Gasteiger charge is 2.26. The molecule has 0 fully saturated rings. The molecule has 24 heavy (non-hydrogen) atoms. The number of H-pyrrole nitrogens is 1. The summed E-state index contributed by atoms with van der Waals surface area (Å²) in [7, 11) is 0. The third-order valence-electron chi connectivity index (χ3n) is 3.80. The molecule has 0 aliphatic carbocycles. The lowest BCUT2D eigenvalue weighted by Gasteiger charge is -2.16. The molecule has 1 amide bonds. The maximum absolute atomic E-state index is 12.5. The molecule has 8 heteroatoms. The van der Waals surface area contributed by atoms with Crippen molar-refractivity contribution in [2.75, 3.05) is 0 Å². The molecule has 0 unspecified atom stereocenters. The van der Waals surface area contributed by atoms with Gasteiger partial charge in [0.2, 0.25) is 0 Å². The third kappa shape index (κ3) is 3.69. The lowest BCUT2D eigenvalue weighted by molar-refractivity contribution is 0.0952. The van der Waals surface area contributed by atoms with Crippen molar-refractivity contribution >= 4 is 17.4 Å². The van der Waals surface area contributed by atoms with E-state index in [2.05, 4.69) is 25.1 Å². The van der Waals surface area contributed by atoms with Gasteiger partial charge in [-0.1, -0.05) is 39.1 Å². The van der Waals surface area contributed by atoms with Gasteiger partial charge in [-0.25, -0.2) is 5.10 Å². The summed E-state index contributed by atoms with van der Waals surface area (Å²) < 4.78 is 3.90. The summed E-state index contributed by atoms with van der Waals surface area (Å²) in [6.45, 7) is 10.1. The molecule has 0 bridgehead atoms. The van der Waals surface area contributed by atoms with E-state index in [0.717, 1.165) is 29.2 Å². The van der Waals surface area contributed by atoms with Crippen molar-refractivity contribution in [3.63, 3.8) is 0 Å². The van der Waals surface area contributed by atoms with Gasteiger partial charge in [0.05, 0.1) is 11.4 Å². The fraction of sp³-hybridized carbons (Fsp3) is 0.562. The average Bonchev–Trinajstić information content (AvgIpc) is 3.03. The Hall–Kier alpha value is -2.09. The number of hydrogen-bond donors (Lipinski definition) is 2. The zero-order chi connectivity index (χ0) is 17.9. The summed E-state index contributed by atoms with van der Waals surface area (Å²) >= 11 is 1.07. The summed E-state index contributed by atoms with van der Waals surface area (Å²) in [6, 6.07) is 0. The second-order valence-electron chi connectivity index (χ2n) is 6.55. The van der Waals surface area contributed by atoms with Crippen molar-refractivity contribution in [3.8, 4) is 0 Å². The van der Waals surface area contributed by atoms with Crippen LogP contribution in [0.5, 0.6) is 0 Å². The first kappa shape index (κ1) is 18.3. The third-order valence-corrected chi connectivity index (χ3v) is 4.52. The van der Waals surface area contributed by atoms with Crippen LogP contribution in [0.1, 0.15) is 66.8 Å². The first-order chi connectivity index (χ1) is 11.3. The van der Waals surface area contributed by atoms with Gasteiger partial charge < -0.3 is 5.32 Å². The summed E-state index contributed by atoms with van der Waals surface area (Å²) in [5.74, 6) is -0.258. The molecule has 2 heterocycles. The first-order valence-corrected chi connectivity index (χ1v) is 8.77. The fourth-order valence-electron chi connectivity index (χ4n) is 2.54. The predicted molar refractivity (Wildman–Crippen MR) is 93.4 cm³/mol. The Morgan fingerprint density at radius 1 is 1.21 bits per heavy atom. The van der Waals surface area contributed by atoms with E-state index in [1.165, 1.54) is 0 Å². The van der Waals surface area contributed by atoms with Crippen molar-refractivity contribution in [3.05, 3.63) is 37.7 Å². The van der Waals surface area contributed by atoms with Gasteiger partial charge in [0, 0.05) is 17.5 Å². The van der Waals surface area contributed by atoms with Crippen molar-refractivity contribution < 1.29 is 4.79 Å². The van der Waals surface area contributed by atoms with Crippen LogP contribution in [-0.2, 0) is 24.8 Å². The number of aromatic nitrogens is 4. The van der Waals surface area contributed by atoms with E-state index in [0.29, 0.717) is 22.6 Å². The standard InChI is InChI=1S/C16H23N5O2S/c1-6-9-10(14(22)20-18-11(9)7-2)8-17-15(23)12-13(16(3,4)5)19-21-24-12/h6-8H2,1-5H3,(H,17,23)(H,20,22). The molecule has 7 nitrogen and oxygen atoms in total. The van der Waals surface area contributed by atoms with Crippen molar-refractivity contribution in [1.29, 1.82) is 0 Å². The number of carbonyl (C=O) groups excluding carboxylic acids is 1. The molecule has 0 saturated carbocycles. The summed E-state index contributed by atoms with van der Waals surface area (Å²) in [6.07, 6.45) is 1.43. The van der Waals surface area contributed by atoms with Crippen molar-refractivity contribution in [2.45, 2.75) is 59.4 Å². The average molecular weight is 349 g/mol. The number of carbonyl (C=O) groups is 1. The van der Waals surface area contributed by atoms with Gasteiger partial charge in [-0.15, -0.1) is 5.10 Å². The highest BCUT2D eigenvalue weighted by Crippen LogP contribution is 2.25. The van der Waals surface area contributed by atoms with Crippen LogP contribution in [0.4, 0.5) is 0 Å². The number of nitrogens with one attached hydrogen (secondary N) is 2. The number of rotatable bonds is 5. The normalized spacial score (nSPS) is 11.5. The van der Waals surface area contributed by atoms with Gasteiger partial charge in [0.1, 0.15) is 4.88 Å². The van der Waals surface area contributed by atoms with Gasteiger partial charge in [-0.3, -0.25) is 9.59 Å². The molecule has 0 radical (unpaired) electrons. The van der Waals surface area contributed by atoms with E-state index >= 15 is 0 Å². The molecule has 0 saturated heterocycles. The van der Waals surface area contributed by atoms with E-state index in [1.54, 1.807) is 0 Å². The maximum Gasteiger partial charge on any atom is 0.269 e. The Labute approximate surface area is 145 Å². The largest absolute Gasteiger partial charge is 0.347 e. The van der Waals surface area contributed by atoms with E-state index in [1.807, 2.05) is 34.6 Å². The number of aryl methyl sites for hydroxylation is 1. The lowest BCUT2D eigenvalue weighted by atomic mass is 9.91. The lowest BCUT2D eigenvalue weighted by Crippen LogP contribution is -2.30. The molecule has 0 aliphatic rings. The van der Waals surface area contributed by atoms with Gasteiger partial charge >= 0.3 is 0 Å². The monoisotopic (exact) mass is 349 g/mol. The highest BCUT2D eigenvalue weighted by molar-refractivity contribution is 7.08. The van der Waals surface area contributed by atoms with Crippen LogP contribution in [0.2, 0.25) is 0 Å². The Kier molecular flexibility index (Phi) is 5.48. The van der Waals surface area contributed by atoms with Crippen LogP contribution in [0.3, 0.4) is 0 Å². The Morgan fingerprint density at radius 3 is 2.50 bits per heavy atom. The maximum atomic E-state index is 12.5. The smallest absolute Gasteiger partial charge is 0.269 e. The van der Waals surface area contributed by atoms with Crippen molar-refractivity contribution in [1.82, 2.24) is 25.1 Å². The number of nitrogens with zero attached hydrogens (tertiary/aromatic N) is 3. The highest BCUT2D eigenvalue weighted by atomic mass is 32.1. The summed E-state index contributed by atoms with van der Waals surface area (Å²) in [4.78, 5) is 25.1. The number of amides is 1. The Bertz CT molecular complexity index is 788. The topological polar surface area (TPSA) is 101 Å². The van der Waals surface area contributed by atoms with E-state index in [-0.39, 0.29) is 23.4 Å². The molecule has 2 aromatic rings. The molecule has 130 valence electrons. The van der Waals surface area contributed by atoms with Gasteiger partial charge in [-0.2, -0.15) is 5.10 Å². The molecule has 0 aliphatic heterocycles. The molecular formula is C16H23N5O2S. The molecule has 0 aromatic carbocycles. The van der Waals surface area contributed by atoms with Crippen LogP contribution in [0.25, 0.3) is 0 Å². The zero-order valence-corrected chi connectivity index (χ0v) is 15.5. The van der Waals surface area contributed by atoms with Crippen LogP contribution in [-0.4, -0.2) is 25.7 Å². The summed E-state index contributed by atoms with van der Waals surface area (Å²) in [5.41, 5.74) is 2.46. The van der Waals surface area contributed by atoms with E-state index in [9.17, 15) is 9.59 Å². The SMILES string of the molecule is CCc1n[nH]c(=O)c(CNC(=O)c2snnc2C(C)(C)C)c1CC. The van der Waals surface area contributed by atoms with Crippen LogP contribution < -0.4 is 10.9 Å². The van der Waals surface area contributed by atoms with Gasteiger partial charge in [0.15, 0.2) is 0 Å². The van der Waals surface area contributed by atoms with E-state index < -0.39 is 0 Å².